The predicted octanol–water partition coefficient (Wildman–Crippen LogP) is 2.95. The summed E-state index contributed by atoms with van der Waals surface area (Å²) in [6.07, 6.45) is -0.526. The molecule has 3 fully saturated rings. The number of Topliss-reactive ketones (excluding diaryl/α,β-unsaturated/α-hetero) is 1. The van der Waals surface area contributed by atoms with Crippen LogP contribution in [0.15, 0.2) is 11.6 Å². The zero-order chi connectivity index (χ0) is 20.6. The van der Waals surface area contributed by atoms with Gasteiger partial charge < -0.3 is 10.2 Å². The minimum atomic E-state index is -2.02. The first-order valence-electron chi connectivity index (χ1n) is 10.4. The number of alkyl halides is 2. The van der Waals surface area contributed by atoms with Gasteiger partial charge >= 0.3 is 0 Å². The monoisotopic (exact) mass is 396 g/mol. The Morgan fingerprint density at radius 2 is 1.96 bits per heavy atom. The lowest BCUT2D eigenvalue weighted by molar-refractivity contribution is -0.215. The minimum Gasteiger partial charge on any atom is -0.390 e. The third-order valence-corrected chi connectivity index (χ3v) is 8.87. The summed E-state index contributed by atoms with van der Waals surface area (Å²) >= 11 is 0. The van der Waals surface area contributed by atoms with Crippen LogP contribution >= 0.6 is 0 Å². The molecule has 0 aromatic carbocycles. The number of hydrogen-bond acceptors (Lipinski definition) is 4. The van der Waals surface area contributed by atoms with Gasteiger partial charge in [0.05, 0.1) is 6.10 Å². The zero-order valence-electron chi connectivity index (χ0n) is 16.8. The number of halogens is 2. The van der Waals surface area contributed by atoms with Gasteiger partial charge in [-0.15, -0.1) is 0 Å². The fraction of sp³-hybridized carbons (Fsp3) is 0.818. The average Bonchev–Trinajstić information content (AvgIpc) is 2.89. The summed E-state index contributed by atoms with van der Waals surface area (Å²) in [5, 5.41) is 20.6. The lowest BCUT2D eigenvalue weighted by Gasteiger charge is -2.63. The van der Waals surface area contributed by atoms with E-state index in [1.165, 1.54) is 6.08 Å². The summed E-state index contributed by atoms with van der Waals surface area (Å²) in [6, 6.07) is 0. The summed E-state index contributed by atoms with van der Waals surface area (Å²) in [6.45, 7) is 4.91. The molecule has 0 spiro atoms. The summed E-state index contributed by atoms with van der Waals surface area (Å²) in [7, 11) is 0. The van der Waals surface area contributed by atoms with Crippen LogP contribution in [0.25, 0.3) is 0 Å². The summed E-state index contributed by atoms with van der Waals surface area (Å²) < 4.78 is 32.1. The number of hydrogen-bond donors (Lipinski definition) is 2. The van der Waals surface area contributed by atoms with Crippen LogP contribution in [-0.4, -0.2) is 46.3 Å². The first-order valence-corrected chi connectivity index (χ1v) is 10.4. The Hall–Kier alpha value is -1.14. The Balaban J connectivity index is 1.82. The van der Waals surface area contributed by atoms with E-state index in [-0.39, 0.29) is 54.7 Å². The van der Waals surface area contributed by atoms with Crippen LogP contribution in [0.4, 0.5) is 8.78 Å². The van der Waals surface area contributed by atoms with Crippen LogP contribution in [0, 0.1) is 34.5 Å². The lowest BCUT2D eigenvalue weighted by atomic mass is 9.44. The maximum Gasteiger partial charge on any atom is 0.162 e. The Bertz CT molecular complexity index is 751. The van der Waals surface area contributed by atoms with Crippen molar-refractivity contribution in [1.29, 1.82) is 0 Å². The molecule has 0 aliphatic heterocycles. The predicted molar refractivity (Wildman–Crippen MR) is 98.9 cm³/mol. The fourth-order valence-corrected chi connectivity index (χ4v) is 7.71. The number of rotatable bonds is 2. The molecule has 156 valence electrons. The highest BCUT2D eigenvalue weighted by atomic mass is 19.1. The third kappa shape index (κ3) is 2.28. The molecule has 4 rings (SSSR count). The van der Waals surface area contributed by atoms with Crippen molar-refractivity contribution in [2.24, 2.45) is 34.5 Å². The third-order valence-electron chi connectivity index (χ3n) is 8.87. The maximum atomic E-state index is 16.9. The smallest absolute Gasteiger partial charge is 0.162 e. The van der Waals surface area contributed by atoms with Gasteiger partial charge in [0, 0.05) is 23.7 Å². The largest absolute Gasteiger partial charge is 0.390 e. The van der Waals surface area contributed by atoms with Gasteiger partial charge in [0.2, 0.25) is 0 Å². The Labute approximate surface area is 164 Å². The summed E-state index contributed by atoms with van der Waals surface area (Å²) in [4.78, 5) is 24.4. The number of allylic oxidation sites excluding steroid dienone is 1. The molecule has 4 nitrogen and oxygen atoms in total. The van der Waals surface area contributed by atoms with E-state index < -0.39 is 47.2 Å². The van der Waals surface area contributed by atoms with Crippen molar-refractivity contribution >= 4 is 11.6 Å². The topological polar surface area (TPSA) is 74.6 Å². The Kier molecular flexibility index (Phi) is 4.45. The second-order valence-electron chi connectivity index (χ2n) is 10.1. The number of carbonyl (C=O) groups is 2. The summed E-state index contributed by atoms with van der Waals surface area (Å²) in [5.41, 5.74) is -3.71. The van der Waals surface area contributed by atoms with E-state index in [0.29, 0.717) is 6.42 Å². The van der Waals surface area contributed by atoms with Crippen molar-refractivity contribution in [3.63, 3.8) is 0 Å². The summed E-state index contributed by atoms with van der Waals surface area (Å²) in [5.74, 6) is -1.94. The molecule has 2 N–H and O–H groups in total. The molecular formula is C22H30F2O4. The Morgan fingerprint density at radius 3 is 2.61 bits per heavy atom. The van der Waals surface area contributed by atoms with Crippen molar-refractivity contribution in [2.75, 3.05) is 6.61 Å². The van der Waals surface area contributed by atoms with Crippen LogP contribution in [0.1, 0.15) is 52.9 Å². The van der Waals surface area contributed by atoms with Crippen molar-refractivity contribution in [2.45, 2.75) is 70.8 Å². The highest BCUT2D eigenvalue weighted by Crippen LogP contribution is 2.70. The van der Waals surface area contributed by atoms with E-state index >= 15 is 8.78 Å². The molecular weight excluding hydrogens is 366 g/mol. The molecule has 0 saturated heterocycles. The molecule has 2 unspecified atom stereocenters. The van der Waals surface area contributed by atoms with E-state index in [9.17, 15) is 19.8 Å². The van der Waals surface area contributed by atoms with E-state index in [1.54, 1.807) is 6.92 Å². The first-order chi connectivity index (χ1) is 13.0. The molecule has 0 aromatic heterocycles. The van der Waals surface area contributed by atoms with E-state index in [1.807, 2.05) is 13.8 Å². The highest BCUT2D eigenvalue weighted by molar-refractivity contribution is 5.92. The highest BCUT2D eigenvalue weighted by Gasteiger charge is 2.73. The number of aliphatic hydroxyl groups excluding tert-OH is 2. The molecule has 3 saturated carbocycles. The van der Waals surface area contributed by atoms with Gasteiger partial charge in [-0.25, -0.2) is 8.78 Å². The number of ketones is 2. The van der Waals surface area contributed by atoms with E-state index in [4.69, 9.17) is 0 Å². The SMILES string of the molecule is CC1C[C@H]2[C@@H]3CC(F)C4=CC(=O)CC[C@]4(C)[C@@]3(F)[C@@H](O)C[C@]2(C)[C@H]1C(=O)CO. The van der Waals surface area contributed by atoms with Crippen LogP contribution in [0.2, 0.25) is 0 Å². The quantitative estimate of drug-likeness (QED) is 0.753. The normalized spacial score (nSPS) is 53.1. The molecule has 0 amide bonds. The molecule has 28 heavy (non-hydrogen) atoms. The van der Waals surface area contributed by atoms with Crippen LogP contribution in [0.5, 0.6) is 0 Å². The molecule has 0 bridgehead atoms. The van der Waals surface area contributed by atoms with Gasteiger partial charge in [0.1, 0.15) is 18.4 Å². The van der Waals surface area contributed by atoms with Gasteiger partial charge in [-0.1, -0.05) is 20.8 Å². The van der Waals surface area contributed by atoms with Gasteiger partial charge in [-0.05, 0) is 54.6 Å². The maximum absolute atomic E-state index is 16.9. The second-order valence-corrected chi connectivity index (χ2v) is 10.1. The number of fused-ring (bicyclic) bond motifs is 5. The van der Waals surface area contributed by atoms with E-state index in [0.717, 1.165) is 0 Å². The van der Waals surface area contributed by atoms with Crippen LogP contribution < -0.4 is 0 Å². The molecule has 4 aliphatic carbocycles. The Morgan fingerprint density at radius 1 is 1.29 bits per heavy atom. The molecule has 0 heterocycles. The number of carbonyl (C=O) groups excluding carboxylic acids is 2. The number of aliphatic hydroxyl groups is 2. The fourth-order valence-electron chi connectivity index (χ4n) is 7.71. The minimum absolute atomic E-state index is 0.0556. The molecule has 4 aliphatic rings. The van der Waals surface area contributed by atoms with Crippen molar-refractivity contribution < 1.29 is 28.6 Å². The van der Waals surface area contributed by atoms with Gasteiger partial charge in [-0.3, -0.25) is 9.59 Å². The molecule has 9 atom stereocenters. The molecule has 0 aromatic rings. The second kappa shape index (κ2) is 6.18. The van der Waals surface area contributed by atoms with Gasteiger partial charge in [0.25, 0.3) is 0 Å². The van der Waals surface area contributed by atoms with Crippen LogP contribution in [-0.2, 0) is 9.59 Å². The van der Waals surface area contributed by atoms with Crippen molar-refractivity contribution in [1.82, 2.24) is 0 Å². The lowest BCUT2D eigenvalue weighted by Crippen LogP contribution is -2.69. The molecule has 6 heteroatoms. The average molecular weight is 396 g/mol. The van der Waals surface area contributed by atoms with E-state index in [2.05, 4.69) is 0 Å². The van der Waals surface area contributed by atoms with Crippen molar-refractivity contribution in [3.8, 4) is 0 Å². The van der Waals surface area contributed by atoms with Gasteiger partial charge in [-0.2, -0.15) is 0 Å². The molecule has 0 radical (unpaired) electrons. The standard InChI is InChI=1S/C22H30F2O4/c1-11-6-13-14-8-16(23)15-7-12(26)4-5-21(15,3)22(14,24)18(28)9-20(13,2)19(11)17(27)10-25/h7,11,13-14,16,18-19,25,28H,4-6,8-10H2,1-3H3/t11?,13-,14-,16?,18-,19+,20-,21-,22-/m0/s1. The zero-order valence-corrected chi connectivity index (χ0v) is 16.8. The van der Waals surface area contributed by atoms with Crippen molar-refractivity contribution in [3.05, 3.63) is 11.6 Å². The van der Waals surface area contributed by atoms with Gasteiger partial charge in [0.15, 0.2) is 11.6 Å². The van der Waals surface area contributed by atoms with Crippen LogP contribution in [0.3, 0.4) is 0 Å². The first kappa shape index (κ1) is 20.1.